The Morgan fingerprint density at radius 1 is 1.57 bits per heavy atom. The van der Waals surface area contributed by atoms with Crippen molar-refractivity contribution in [2.24, 2.45) is 0 Å². The standard InChI is InChI=1S/C11H11ClN2/c1-2-5-14-8-10-4-3-9(7-13)6-11(10)12/h2-4,6,14H,1,5,8H2. The van der Waals surface area contributed by atoms with Crippen LogP contribution in [0.2, 0.25) is 5.02 Å². The van der Waals surface area contributed by atoms with E-state index in [-0.39, 0.29) is 0 Å². The number of benzene rings is 1. The Labute approximate surface area is 88.8 Å². The van der Waals surface area contributed by atoms with Crippen LogP contribution in [-0.2, 0) is 6.54 Å². The van der Waals surface area contributed by atoms with Crippen molar-refractivity contribution < 1.29 is 0 Å². The van der Waals surface area contributed by atoms with Gasteiger partial charge in [0, 0.05) is 18.1 Å². The Balaban J connectivity index is 2.70. The van der Waals surface area contributed by atoms with E-state index in [0.717, 1.165) is 12.1 Å². The molecule has 0 atom stereocenters. The van der Waals surface area contributed by atoms with Gasteiger partial charge in [-0.1, -0.05) is 23.7 Å². The Hall–Kier alpha value is -1.30. The number of halogens is 1. The SMILES string of the molecule is C=CCNCc1ccc(C#N)cc1Cl. The molecular weight excluding hydrogens is 196 g/mol. The first-order chi connectivity index (χ1) is 6.77. The van der Waals surface area contributed by atoms with Crippen molar-refractivity contribution in [3.05, 3.63) is 47.0 Å². The van der Waals surface area contributed by atoms with E-state index in [1.165, 1.54) is 0 Å². The second-order valence-electron chi connectivity index (χ2n) is 2.84. The van der Waals surface area contributed by atoms with Crippen LogP contribution in [0.5, 0.6) is 0 Å². The van der Waals surface area contributed by atoms with E-state index >= 15 is 0 Å². The Morgan fingerprint density at radius 2 is 2.36 bits per heavy atom. The van der Waals surface area contributed by atoms with Gasteiger partial charge in [-0.05, 0) is 17.7 Å². The summed E-state index contributed by atoms with van der Waals surface area (Å²) in [6.07, 6.45) is 1.79. The molecule has 0 fully saturated rings. The molecule has 0 heterocycles. The summed E-state index contributed by atoms with van der Waals surface area (Å²) in [7, 11) is 0. The number of hydrogen-bond acceptors (Lipinski definition) is 2. The van der Waals surface area contributed by atoms with E-state index in [4.69, 9.17) is 16.9 Å². The van der Waals surface area contributed by atoms with Gasteiger partial charge in [-0.15, -0.1) is 6.58 Å². The average molecular weight is 207 g/mol. The lowest BCUT2D eigenvalue weighted by Gasteiger charge is -2.04. The van der Waals surface area contributed by atoms with Gasteiger partial charge in [-0.2, -0.15) is 5.26 Å². The quantitative estimate of drug-likeness (QED) is 0.607. The van der Waals surface area contributed by atoms with Gasteiger partial charge in [0.05, 0.1) is 11.6 Å². The second kappa shape index (κ2) is 5.43. The second-order valence-corrected chi connectivity index (χ2v) is 3.24. The zero-order valence-corrected chi connectivity index (χ0v) is 8.51. The van der Waals surface area contributed by atoms with Crippen molar-refractivity contribution >= 4 is 11.6 Å². The highest BCUT2D eigenvalue weighted by Crippen LogP contribution is 2.17. The molecular formula is C11H11ClN2. The van der Waals surface area contributed by atoms with E-state index in [1.54, 1.807) is 18.2 Å². The first kappa shape index (κ1) is 10.8. The van der Waals surface area contributed by atoms with Crippen molar-refractivity contribution in [3.8, 4) is 6.07 Å². The van der Waals surface area contributed by atoms with Crippen LogP contribution in [-0.4, -0.2) is 6.54 Å². The summed E-state index contributed by atoms with van der Waals surface area (Å²) in [6, 6.07) is 7.33. The summed E-state index contributed by atoms with van der Waals surface area (Å²) in [4.78, 5) is 0. The maximum atomic E-state index is 8.63. The Bertz CT molecular complexity index is 366. The van der Waals surface area contributed by atoms with E-state index in [9.17, 15) is 0 Å². The van der Waals surface area contributed by atoms with Crippen LogP contribution in [0.3, 0.4) is 0 Å². The molecule has 72 valence electrons. The minimum absolute atomic E-state index is 0.586. The van der Waals surface area contributed by atoms with Gasteiger partial charge < -0.3 is 5.32 Å². The van der Waals surface area contributed by atoms with Crippen molar-refractivity contribution in [1.82, 2.24) is 5.32 Å². The highest BCUT2D eigenvalue weighted by Gasteiger charge is 2.00. The van der Waals surface area contributed by atoms with Gasteiger partial charge in [0.25, 0.3) is 0 Å². The molecule has 0 radical (unpaired) electrons. The molecule has 0 saturated heterocycles. The minimum atomic E-state index is 0.586. The van der Waals surface area contributed by atoms with Crippen LogP contribution >= 0.6 is 11.6 Å². The molecule has 0 aliphatic heterocycles. The Morgan fingerprint density at radius 3 is 2.93 bits per heavy atom. The lowest BCUT2D eigenvalue weighted by molar-refractivity contribution is 0.760. The van der Waals surface area contributed by atoms with E-state index in [1.807, 2.05) is 12.1 Å². The fourth-order valence-electron chi connectivity index (χ4n) is 1.07. The number of rotatable bonds is 4. The van der Waals surface area contributed by atoms with E-state index < -0.39 is 0 Å². The fourth-order valence-corrected chi connectivity index (χ4v) is 1.32. The largest absolute Gasteiger partial charge is 0.309 e. The zero-order valence-electron chi connectivity index (χ0n) is 7.76. The van der Waals surface area contributed by atoms with Crippen molar-refractivity contribution in [1.29, 1.82) is 5.26 Å². The topological polar surface area (TPSA) is 35.8 Å². The number of hydrogen-bond donors (Lipinski definition) is 1. The van der Waals surface area contributed by atoms with Gasteiger partial charge >= 0.3 is 0 Å². The summed E-state index contributed by atoms with van der Waals surface area (Å²) < 4.78 is 0. The molecule has 0 unspecified atom stereocenters. The third-order valence-electron chi connectivity index (χ3n) is 1.79. The fraction of sp³-hybridized carbons (Fsp3) is 0.182. The maximum absolute atomic E-state index is 8.63. The predicted octanol–water partition coefficient (Wildman–Crippen LogP) is 2.49. The molecule has 1 aromatic carbocycles. The molecule has 0 aliphatic carbocycles. The van der Waals surface area contributed by atoms with Gasteiger partial charge in [-0.3, -0.25) is 0 Å². The molecule has 0 aromatic heterocycles. The summed E-state index contributed by atoms with van der Waals surface area (Å²) in [5, 5.41) is 12.4. The van der Waals surface area contributed by atoms with Crippen LogP contribution < -0.4 is 5.32 Å². The third kappa shape index (κ3) is 2.88. The van der Waals surface area contributed by atoms with E-state index in [0.29, 0.717) is 17.1 Å². The van der Waals surface area contributed by atoms with Crippen molar-refractivity contribution in [3.63, 3.8) is 0 Å². The van der Waals surface area contributed by atoms with E-state index in [2.05, 4.69) is 11.9 Å². The smallest absolute Gasteiger partial charge is 0.0992 e. The highest BCUT2D eigenvalue weighted by molar-refractivity contribution is 6.31. The maximum Gasteiger partial charge on any atom is 0.0992 e. The summed E-state index contributed by atoms with van der Waals surface area (Å²) >= 11 is 5.97. The minimum Gasteiger partial charge on any atom is -0.309 e. The van der Waals surface area contributed by atoms with Crippen LogP contribution in [0, 0.1) is 11.3 Å². The zero-order chi connectivity index (χ0) is 10.4. The first-order valence-electron chi connectivity index (χ1n) is 4.28. The predicted molar refractivity (Wildman–Crippen MR) is 58.1 cm³/mol. The average Bonchev–Trinajstić information content (AvgIpc) is 2.20. The highest BCUT2D eigenvalue weighted by atomic mass is 35.5. The summed E-state index contributed by atoms with van der Waals surface area (Å²) in [6.45, 7) is 5.04. The molecule has 0 aliphatic rings. The molecule has 0 spiro atoms. The Kier molecular flexibility index (Phi) is 4.18. The van der Waals surface area contributed by atoms with Crippen molar-refractivity contribution in [2.75, 3.05) is 6.54 Å². The van der Waals surface area contributed by atoms with Crippen LogP contribution in [0.4, 0.5) is 0 Å². The van der Waals surface area contributed by atoms with Crippen LogP contribution in [0.15, 0.2) is 30.9 Å². The monoisotopic (exact) mass is 206 g/mol. The van der Waals surface area contributed by atoms with Gasteiger partial charge in [-0.25, -0.2) is 0 Å². The lowest BCUT2D eigenvalue weighted by Crippen LogP contribution is -2.12. The van der Waals surface area contributed by atoms with Crippen LogP contribution in [0.25, 0.3) is 0 Å². The first-order valence-corrected chi connectivity index (χ1v) is 4.66. The summed E-state index contributed by atoms with van der Waals surface area (Å²) in [5.41, 5.74) is 1.58. The van der Waals surface area contributed by atoms with Gasteiger partial charge in [0.15, 0.2) is 0 Å². The third-order valence-corrected chi connectivity index (χ3v) is 2.14. The number of nitrogens with zero attached hydrogens (tertiary/aromatic N) is 1. The van der Waals surface area contributed by atoms with Crippen LogP contribution in [0.1, 0.15) is 11.1 Å². The van der Waals surface area contributed by atoms with Gasteiger partial charge in [0.2, 0.25) is 0 Å². The molecule has 0 amide bonds. The normalized spacial score (nSPS) is 9.43. The number of nitrogens with one attached hydrogen (secondary N) is 1. The molecule has 3 heteroatoms. The lowest BCUT2D eigenvalue weighted by atomic mass is 10.1. The number of nitriles is 1. The molecule has 1 rings (SSSR count). The molecule has 0 saturated carbocycles. The molecule has 2 nitrogen and oxygen atoms in total. The molecule has 0 bridgehead atoms. The van der Waals surface area contributed by atoms with Crippen molar-refractivity contribution in [2.45, 2.75) is 6.54 Å². The molecule has 14 heavy (non-hydrogen) atoms. The molecule has 1 aromatic rings. The summed E-state index contributed by atoms with van der Waals surface area (Å²) in [5.74, 6) is 0. The van der Waals surface area contributed by atoms with Gasteiger partial charge in [0.1, 0.15) is 0 Å². The molecule has 1 N–H and O–H groups in total.